The summed E-state index contributed by atoms with van der Waals surface area (Å²) in [6.45, 7) is 2.06. The standard InChI is InChI=1S/C18H21N3O/c1-11(15-9-12-6-7-13(15)8-12)20-21-18(22)16-10-19-17-5-3-2-4-14(16)17/h2-5,10,12-13,15,19H,6-9H2,1H3,(H,21,22)/b20-11+/t12-,13+,15-/m0/s1. The van der Waals surface area contributed by atoms with Gasteiger partial charge in [-0.05, 0) is 44.1 Å². The third kappa shape index (κ3) is 2.23. The third-order valence-electron chi connectivity index (χ3n) is 5.44. The number of benzene rings is 1. The van der Waals surface area contributed by atoms with Gasteiger partial charge in [-0.15, -0.1) is 0 Å². The maximum atomic E-state index is 12.4. The minimum atomic E-state index is -0.139. The van der Waals surface area contributed by atoms with Gasteiger partial charge < -0.3 is 4.98 Å². The Kier molecular flexibility index (Phi) is 3.25. The lowest BCUT2D eigenvalue weighted by molar-refractivity contribution is 0.0956. The highest BCUT2D eigenvalue weighted by Gasteiger charge is 2.40. The first kappa shape index (κ1) is 13.6. The van der Waals surface area contributed by atoms with Crippen LogP contribution in [0.3, 0.4) is 0 Å². The fourth-order valence-electron chi connectivity index (χ4n) is 4.30. The SMILES string of the molecule is C/C(=N\NC(=O)c1c[nH]c2ccccc12)[C@@H]1C[C@H]2CC[C@@H]1C2. The molecule has 22 heavy (non-hydrogen) atoms. The van der Waals surface area contributed by atoms with Gasteiger partial charge >= 0.3 is 0 Å². The van der Waals surface area contributed by atoms with Crippen LogP contribution in [0.5, 0.6) is 0 Å². The van der Waals surface area contributed by atoms with Gasteiger partial charge in [-0.3, -0.25) is 4.79 Å². The topological polar surface area (TPSA) is 57.2 Å². The fraction of sp³-hybridized carbons (Fsp3) is 0.444. The van der Waals surface area contributed by atoms with Crippen molar-refractivity contribution in [2.45, 2.75) is 32.6 Å². The molecule has 2 saturated carbocycles. The molecule has 114 valence electrons. The van der Waals surface area contributed by atoms with Crippen LogP contribution in [0.2, 0.25) is 0 Å². The lowest BCUT2D eigenvalue weighted by Gasteiger charge is -2.21. The number of aromatic amines is 1. The Bertz CT molecular complexity index is 746. The molecule has 1 aromatic carbocycles. The molecule has 2 fully saturated rings. The molecule has 3 atom stereocenters. The minimum Gasteiger partial charge on any atom is -0.360 e. The molecule has 0 unspecified atom stereocenters. The Morgan fingerprint density at radius 2 is 2.14 bits per heavy atom. The van der Waals surface area contributed by atoms with Crippen molar-refractivity contribution in [3.8, 4) is 0 Å². The maximum absolute atomic E-state index is 12.4. The summed E-state index contributed by atoms with van der Waals surface area (Å²) in [5.41, 5.74) is 5.45. The van der Waals surface area contributed by atoms with E-state index in [2.05, 4.69) is 22.4 Å². The summed E-state index contributed by atoms with van der Waals surface area (Å²) in [7, 11) is 0. The maximum Gasteiger partial charge on any atom is 0.273 e. The van der Waals surface area contributed by atoms with E-state index in [0.717, 1.165) is 28.5 Å². The Morgan fingerprint density at radius 3 is 2.91 bits per heavy atom. The van der Waals surface area contributed by atoms with Gasteiger partial charge in [0.1, 0.15) is 0 Å². The first-order valence-corrected chi connectivity index (χ1v) is 8.13. The third-order valence-corrected chi connectivity index (χ3v) is 5.44. The number of carbonyl (C=O) groups excluding carboxylic acids is 1. The fourth-order valence-corrected chi connectivity index (χ4v) is 4.30. The Hall–Kier alpha value is -2.10. The van der Waals surface area contributed by atoms with E-state index in [9.17, 15) is 4.79 Å². The van der Waals surface area contributed by atoms with Crippen LogP contribution in [0.15, 0.2) is 35.6 Å². The average molecular weight is 295 g/mol. The molecular formula is C18H21N3O. The molecule has 2 N–H and O–H groups in total. The molecule has 1 heterocycles. The number of aromatic nitrogens is 1. The number of hydrogen-bond donors (Lipinski definition) is 2. The van der Waals surface area contributed by atoms with E-state index < -0.39 is 0 Å². The van der Waals surface area contributed by atoms with Crippen LogP contribution in [-0.2, 0) is 0 Å². The molecule has 1 aromatic heterocycles. The molecule has 2 aromatic rings. The number of hydrogen-bond acceptors (Lipinski definition) is 2. The number of hydrazone groups is 1. The summed E-state index contributed by atoms with van der Waals surface area (Å²) in [5.74, 6) is 2.12. The highest BCUT2D eigenvalue weighted by atomic mass is 16.2. The summed E-state index contributed by atoms with van der Waals surface area (Å²) in [6.07, 6.45) is 7.08. The molecule has 4 nitrogen and oxygen atoms in total. The van der Waals surface area contributed by atoms with Crippen molar-refractivity contribution in [3.05, 3.63) is 36.0 Å². The summed E-state index contributed by atoms with van der Waals surface area (Å²) in [6, 6.07) is 7.82. The number of rotatable bonds is 3. The predicted molar refractivity (Wildman–Crippen MR) is 87.8 cm³/mol. The van der Waals surface area contributed by atoms with E-state index in [1.807, 2.05) is 24.3 Å². The Labute approximate surface area is 130 Å². The van der Waals surface area contributed by atoms with Gasteiger partial charge in [-0.2, -0.15) is 5.10 Å². The van der Waals surface area contributed by atoms with E-state index in [1.165, 1.54) is 25.7 Å². The molecule has 4 heteroatoms. The number of nitrogens with zero attached hydrogens (tertiary/aromatic N) is 1. The van der Waals surface area contributed by atoms with Crippen LogP contribution < -0.4 is 5.43 Å². The van der Waals surface area contributed by atoms with Crippen LogP contribution in [0.4, 0.5) is 0 Å². The minimum absolute atomic E-state index is 0.139. The second-order valence-electron chi connectivity index (χ2n) is 6.72. The highest BCUT2D eigenvalue weighted by Crippen LogP contribution is 2.48. The van der Waals surface area contributed by atoms with E-state index >= 15 is 0 Å². The quantitative estimate of drug-likeness (QED) is 0.658. The second kappa shape index (κ2) is 5.27. The van der Waals surface area contributed by atoms with E-state index in [1.54, 1.807) is 6.20 Å². The van der Waals surface area contributed by atoms with Crippen molar-refractivity contribution >= 4 is 22.5 Å². The van der Waals surface area contributed by atoms with Crippen LogP contribution in [-0.4, -0.2) is 16.6 Å². The van der Waals surface area contributed by atoms with Crippen LogP contribution in [0.1, 0.15) is 43.0 Å². The highest BCUT2D eigenvalue weighted by molar-refractivity contribution is 6.07. The summed E-state index contributed by atoms with van der Waals surface area (Å²) < 4.78 is 0. The zero-order valence-corrected chi connectivity index (χ0v) is 12.8. The van der Waals surface area contributed by atoms with Crippen LogP contribution >= 0.6 is 0 Å². The lowest BCUT2D eigenvalue weighted by atomic mass is 9.86. The molecular weight excluding hydrogens is 274 g/mol. The van der Waals surface area contributed by atoms with Crippen molar-refractivity contribution in [2.24, 2.45) is 22.9 Å². The summed E-state index contributed by atoms with van der Waals surface area (Å²) >= 11 is 0. The number of amides is 1. The number of para-hydroxylation sites is 1. The van der Waals surface area contributed by atoms with Crippen LogP contribution in [0.25, 0.3) is 10.9 Å². The van der Waals surface area contributed by atoms with E-state index in [4.69, 9.17) is 0 Å². The Morgan fingerprint density at radius 1 is 1.27 bits per heavy atom. The number of nitrogens with one attached hydrogen (secondary N) is 2. The average Bonchev–Trinajstić information content (AvgIpc) is 3.26. The molecule has 0 spiro atoms. The van der Waals surface area contributed by atoms with Crippen molar-refractivity contribution < 1.29 is 4.79 Å². The van der Waals surface area contributed by atoms with Crippen molar-refractivity contribution in [2.75, 3.05) is 0 Å². The largest absolute Gasteiger partial charge is 0.360 e. The second-order valence-corrected chi connectivity index (χ2v) is 6.72. The van der Waals surface area contributed by atoms with Gasteiger partial charge in [0, 0.05) is 28.7 Å². The molecule has 1 amide bonds. The van der Waals surface area contributed by atoms with Crippen molar-refractivity contribution in [1.82, 2.24) is 10.4 Å². The number of fused-ring (bicyclic) bond motifs is 3. The van der Waals surface area contributed by atoms with Crippen molar-refractivity contribution in [1.29, 1.82) is 0 Å². The first-order valence-electron chi connectivity index (χ1n) is 8.13. The monoisotopic (exact) mass is 295 g/mol. The Balaban J connectivity index is 1.49. The zero-order valence-electron chi connectivity index (χ0n) is 12.8. The predicted octanol–water partition coefficient (Wildman–Crippen LogP) is 3.71. The van der Waals surface area contributed by atoms with Gasteiger partial charge in [0.2, 0.25) is 0 Å². The zero-order chi connectivity index (χ0) is 15.1. The van der Waals surface area contributed by atoms with Crippen molar-refractivity contribution in [3.63, 3.8) is 0 Å². The van der Waals surface area contributed by atoms with Crippen LogP contribution in [0, 0.1) is 17.8 Å². The summed E-state index contributed by atoms with van der Waals surface area (Å²) in [4.78, 5) is 15.5. The molecule has 2 aliphatic rings. The van der Waals surface area contributed by atoms with Gasteiger partial charge in [0.25, 0.3) is 5.91 Å². The normalized spacial score (nSPS) is 27.5. The first-order chi connectivity index (χ1) is 10.7. The summed E-state index contributed by atoms with van der Waals surface area (Å²) in [5, 5.41) is 5.33. The number of carbonyl (C=O) groups is 1. The molecule has 0 radical (unpaired) electrons. The van der Waals surface area contributed by atoms with E-state index in [-0.39, 0.29) is 5.91 Å². The van der Waals surface area contributed by atoms with E-state index in [0.29, 0.717) is 11.5 Å². The molecule has 2 aliphatic carbocycles. The lowest BCUT2D eigenvalue weighted by Crippen LogP contribution is -2.24. The molecule has 0 saturated heterocycles. The van der Waals surface area contributed by atoms with Gasteiger partial charge in [-0.25, -0.2) is 5.43 Å². The molecule has 0 aliphatic heterocycles. The van der Waals surface area contributed by atoms with Gasteiger partial charge in [0.15, 0.2) is 0 Å². The van der Waals surface area contributed by atoms with Gasteiger partial charge in [-0.1, -0.05) is 24.6 Å². The van der Waals surface area contributed by atoms with Gasteiger partial charge in [0.05, 0.1) is 5.56 Å². The number of H-pyrrole nitrogens is 1. The smallest absolute Gasteiger partial charge is 0.273 e. The molecule has 4 rings (SSSR count). The molecule has 2 bridgehead atoms.